The van der Waals surface area contributed by atoms with Gasteiger partial charge >= 0.3 is 0 Å². The summed E-state index contributed by atoms with van der Waals surface area (Å²) in [6.45, 7) is 7.94. The number of hydrogen-bond acceptors (Lipinski definition) is 4. The van der Waals surface area contributed by atoms with E-state index < -0.39 is 5.60 Å². The fraction of sp³-hybridized carbons (Fsp3) is 0.667. The van der Waals surface area contributed by atoms with Gasteiger partial charge in [-0.15, -0.1) is 0 Å². The minimum absolute atomic E-state index is 0.0375. The zero-order valence-corrected chi connectivity index (χ0v) is 10.7. The molecule has 0 amide bonds. The zero-order valence-electron chi connectivity index (χ0n) is 10.7. The van der Waals surface area contributed by atoms with Crippen molar-refractivity contribution in [2.45, 2.75) is 45.8 Å². The zero-order chi connectivity index (χ0) is 12.3. The SMILES string of the molecule is CCC(C)(OC)c1ncc([C@@H](C)N)c(C)n1. The van der Waals surface area contributed by atoms with Crippen molar-refractivity contribution in [1.29, 1.82) is 0 Å². The summed E-state index contributed by atoms with van der Waals surface area (Å²) in [5.41, 5.74) is 7.32. The van der Waals surface area contributed by atoms with E-state index in [1.807, 2.05) is 20.8 Å². The molecule has 0 saturated heterocycles. The predicted molar refractivity (Wildman–Crippen MR) is 64.0 cm³/mol. The van der Waals surface area contributed by atoms with Gasteiger partial charge < -0.3 is 10.5 Å². The lowest BCUT2D eigenvalue weighted by Gasteiger charge is -2.25. The van der Waals surface area contributed by atoms with Gasteiger partial charge in [-0.3, -0.25) is 0 Å². The van der Waals surface area contributed by atoms with Gasteiger partial charge in [-0.05, 0) is 27.2 Å². The first-order valence-corrected chi connectivity index (χ1v) is 5.59. The lowest BCUT2D eigenvalue weighted by atomic mass is 10.0. The second kappa shape index (κ2) is 4.89. The Kier molecular flexibility index (Phi) is 3.99. The number of rotatable bonds is 4. The summed E-state index contributed by atoms with van der Waals surface area (Å²) in [6.07, 6.45) is 2.63. The fourth-order valence-electron chi connectivity index (χ4n) is 1.57. The molecule has 0 aliphatic rings. The largest absolute Gasteiger partial charge is 0.371 e. The molecule has 1 unspecified atom stereocenters. The van der Waals surface area contributed by atoms with Crippen molar-refractivity contribution < 1.29 is 4.74 Å². The highest BCUT2D eigenvalue weighted by Gasteiger charge is 2.27. The van der Waals surface area contributed by atoms with E-state index in [1.54, 1.807) is 13.3 Å². The smallest absolute Gasteiger partial charge is 0.160 e. The molecule has 4 nitrogen and oxygen atoms in total. The normalized spacial score (nSPS) is 16.9. The number of aromatic nitrogens is 2. The number of ether oxygens (including phenoxy) is 1. The van der Waals surface area contributed by atoms with Gasteiger partial charge in [0.05, 0.1) is 0 Å². The molecule has 0 aliphatic carbocycles. The van der Waals surface area contributed by atoms with Crippen LogP contribution >= 0.6 is 0 Å². The Morgan fingerprint density at radius 2 is 2.19 bits per heavy atom. The maximum Gasteiger partial charge on any atom is 0.160 e. The summed E-state index contributed by atoms with van der Waals surface area (Å²) >= 11 is 0. The van der Waals surface area contributed by atoms with Crippen LogP contribution in [0.4, 0.5) is 0 Å². The molecule has 0 saturated carbocycles. The van der Waals surface area contributed by atoms with Crippen LogP contribution in [0.25, 0.3) is 0 Å². The van der Waals surface area contributed by atoms with Crippen molar-refractivity contribution >= 4 is 0 Å². The summed E-state index contributed by atoms with van der Waals surface area (Å²) in [7, 11) is 1.68. The van der Waals surface area contributed by atoms with E-state index >= 15 is 0 Å². The van der Waals surface area contributed by atoms with Gasteiger partial charge in [0.15, 0.2) is 5.82 Å². The molecule has 2 N–H and O–H groups in total. The molecule has 16 heavy (non-hydrogen) atoms. The minimum atomic E-state index is -0.416. The Hall–Kier alpha value is -1.00. The first kappa shape index (κ1) is 13.1. The van der Waals surface area contributed by atoms with Crippen LogP contribution in [0.1, 0.15) is 50.3 Å². The highest BCUT2D eigenvalue weighted by molar-refractivity contribution is 5.20. The van der Waals surface area contributed by atoms with E-state index in [0.29, 0.717) is 0 Å². The molecular formula is C12H21N3O. The Morgan fingerprint density at radius 1 is 1.56 bits per heavy atom. The number of hydrogen-bond donors (Lipinski definition) is 1. The van der Waals surface area contributed by atoms with E-state index in [-0.39, 0.29) is 6.04 Å². The number of methoxy groups -OCH3 is 1. The third-order valence-corrected chi connectivity index (χ3v) is 3.11. The van der Waals surface area contributed by atoms with Gasteiger partial charge in [0.25, 0.3) is 0 Å². The molecule has 1 aromatic rings. The van der Waals surface area contributed by atoms with E-state index in [1.165, 1.54) is 0 Å². The van der Waals surface area contributed by atoms with Gasteiger partial charge in [-0.2, -0.15) is 0 Å². The molecule has 4 heteroatoms. The van der Waals surface area contributed by atoms with Crippen LogP contribution in [-0.4, -0.2) is 17.1 Å². The van der Waals surface area contributed by atoms with E-state index in [0.717, 1.165) is 23.5 Å². The molecule has 1 heterocycles. The molecule has 90 valence electrons. The molecule has 0 spiro atoms. The number of nitrogens with zero attached hydrogens (tertiary/aromatic N) is 2. The molecular weight excluding hydrogens is 202 g/mol. The summed E-state index contributed by atoms with van der Waals surface area (Å²) < 4.78 is 5.47. The Balaban J connectivity index is 3.15. The van der Waals surface area contributed by atoms with Crippen molar-refractivity contribution in [1.82, 2.24) is 9.97 Å². The van der Waals surface area contributed by atoms with Gasteiger partial charge in [0.1, 0.15) is 5.60 Å². The summed E-state index contributed by atoms with van der Waals surface area (Å²) in [5.74, 6) is 0.722. The second-order valence-corrected chi connectivity index (χ2v) is 4.31. The van der Waals surface area contributed by atoms with Gasteiger partial charge in [-0.25, -0.2) is 9.97 Å². The van der Waals surface area contributed by atoms with Crippen LogP contribution in [0.15, 0.2) is 6.20 Å². The van der Waals surface area contributed by atoms with Gasteiger partial charge in [-0.1, -0.05) is 6.92 Å². The van der Waals surface area contributed by atoms with Crippen LogP contribution in [0.2, 0.25) is 0 Å². The van der Waals surface area contributed by atoms with Crippen molar-refractivity contribution in [3.63, 3.8) is 0 Å². The van der Waals surface area contributed by atoms with Crippen LogP contribution < -0.4 is 5.73 Å². The standard InChI is InChI=1S/C12H21N3O/c1-6-12(4,16-5)11-14-7-10(8(2)13)9(3)15-11/h7-8H,6,13H2,1-5H3/t8-,12?/m1/s1. The molecule has 0 aromatic carbocycles. The van der Waals surface area contributed by atoms with E-state index in [9.17, 15) is 0 Å². The van der Waals surface area contributed by atoms with Crippen LogP contribution in [0, 0.1) is 6.92 Å². The Bertz CT molecular complexity index is 359. The summed E-state index contributed by atoms with van der Waals surface area (Å²) in [5, 5.41) is 0. The topological polar surface area (TPSA) is 61.0 Å². The summed E-state index contributed by atoms with van der Waals surface area (Å²) in [6, 6.07) is -0.0375. The molecule has 0 radical (unpaired) electrons. The quantitative estimate of drug-likeness (QED) is 0.849. The highest BCUT2D eigenvalue weighted by atomic mass is 16.5. The number of aryl methyl sites for hydroxylation is 1. The van der Waals surface area contributed by atoms with Crippen molar-refractivity contribution in [2.75, 3.05) is 7.11 Å². The van der Waals surface area contributed by atoms with Crippen LogP contribution in [0.3, 0.4) is 0 Å². The Labute approximate surface area is 97.2 Å². The van der Waals surface area contributed by atoms with Crippen molar-refractivity contribution in [3.8, 4) is 0 Å². The molecule has 1 aromatic heterocycles. The third kappa shape index (κ3) is 2.39. The molecule has 1 rings (SSSR count). The highest BCUT2D eigenvalue weighted by Crippen LogP contribution is 2.26. The molecule has 0 bridgehead atoms. The van der Waals surface area contributed by atoms with Crippen LogP contribution in [0.5, 0.6) is 0 Å². The predicted octanol–water partition coefficient (Wildman–Crippen LogP) is 2.08. The minimum Gasteiger partial charge on any atom is -0.371 e. The summed E-state index contributed by atoms with van der Waals surface area (Å²) in [4.78, 5) is 8.85. The lowest BCUT2D eigenvalue weighted by molar-refractivity contribution is -0.00917. The monoisotopic (exact) mass is 223 g/mol. The Morgan fingerprint density at radius 3 is 2.56 bits per heavy atom. The molecule has 0 aliphatic heterocycles. The fourth-order valence-corrected chi connectivity index (χ4v) is 1.57. The molecule has 2 atom stereocenters. The lowest BCUT2D eigenvalue weighted by Crippen LogP contribution is -2.27. The number of nitrogens with two attached hydrogens (primary N) is 1. The van der Waals surface area contributed by atoms with E-state index in [4.69, 9.17) is 10.5 Å². The first-order valence-electron chi connectivity index (χ1n) is 5.59. The van der Waals surface area contributed by atoms with Crippen molar-refractivity contribution in [3.05, 3.63) is 23.3 Å². The maximum atomic E-state index is 5.83. The van der Waals surface area contributed by atoms with Gasteiger partial charge in [0.2, 0.25) is 0 Å². The average Bonchev–Trinajstić information content (AvgIpc) is 2.27. The molecule has 0 fully saturated rings. The van der Waals surface area contributed by atoms with Crippen molar-refractivity contribution in [2.24, 2.45) is 5.73 Å². The van der Waals surface area contributed by atoms with Gasteiger partial charge in [0, 0.05) is 30.6 Å². The average molecular weight is 223 g/mol. The maximum absolute atomic E-state index is 5.83. The van der Waals surface area contributed by atoms with Crippen LogP contribution in [-0.2, 0) is 10.3 Å². The first-order chi connectivity index (χ1) is 7.44. The second-order valence-electron chi connectivity index (χ2n) is 4.31. The third-order valence-electron chi connectivity index (χ3n) is 3.11. The van der Waals surface area contributed by atoms with E-state index in [2.05, 4.69) is 16.9 Å².